The molecule has 0 radical (unpaired) electrons. The van der Waals surface area contributed by atoms with Gasteiger partial charge < -0.3 is 20.8 Å². The van der Waals surface area contributed by atoms with Crippen LogP contribution in [0.5, 0.6) is 0 Å². The molecule has 2 aromatic rings. The van der Waals surface area contributed by atoms with E-state index in [1.165, 1.54) is 0 Å². The monoisotopic (exact) mass is 468 g/mol. The first-order valence-electron chi connectivity index (χ1n) is 11.1. The van der Waals surface area contributed by atoms with E-state index in [0.717, 1.165) is 24.1 Å². The lowest BCUT2D eigenvalue weighted by molar-refractivity contribution is 0.0687. The van der Waals surface area contributed by atoms with Crippen LogP contribution in [0.15, 0.2) is 36.4 Å². The highest BCUT2D eigenvalue weighted by atomic mass is 16.4. The van der Waals surface area contributed by atoms with E-state index in [0.29, 0.717) is 12.1 Å². The van der Waals surface area contributed by atoms with Gasteiger partial charge in [0.2, 0.25) is 0 Å². The molecule has 0 fully saturated rings. The number of amides is 2. The number of carbonyl (C=O) groups is 4. The van der Waals surface area contributed by atoms with E-state index in [1.54, 1.807) is 26.0 Å². The molecule has 0 atom stereocenters. The molecule has 0 aliphatic heterocycles. The summed E-state index contributed by atoms with van der Waals surface area (Å²) in [5.41, 5.74) is -0.747. The third-order valence-electron chi connectivity index (χ3n) is 6.25. The van der Waals surface area contributed by atoms with Crippen LogP contribution >= 0.6 is 0 Å². The Morgan fingerprint density at radius 2 is 1.21 bits per heavy atom. The molecule has 2 amide bonds. The van der Waals surface area contributed by atoms with E-state index in [4.69, 9.17) is 0 Å². The molecule has 182 valence electrons. The van der Waals surface area contributed by atoms with Gasteiger partial charge in [0.15, 0.2) is 0 Å². The van der Waals surface area contributed by atoms with E-state index in [9.17, 15) is 29.4 Å². The molecule has 8 nitrogen and oxygen atoms in total. The maximum Gasteiger partial charge on any atom is 0.336 e. The van der Waals surface area contributed by atoms with Gasteiger partial charge in [-0.25, -0.2) is 9.59 Å². The summed E-state index contributed by atoms with van der Waals surface area (Å²) in [5, 5.41) is 24.6. The van der Waals surface area contributed by atoms with Crippen molar-refractivity contribution in [3.05, 3.63) is 64.2 Å². The smallest absolute Gasteiger partial charge is 0.336 e. The van der Waals surface area contributed by atoms with E-state index in [1.807, 2.05) is 19.1 Å². The van der Waals surface area contributed by atoms with Crippen molar-refractivity contribution in [1.29, 1.82) is 0 Å². The average Bonchev–Trinajstić information content (AvgIpc) is 2.78. The highest BCUT2D eigenvalue weighted by Gasteiger charge is 2.28. The van der Waals surface area contributed by atoms with Gasteiger partial charge in [0, 0.05) is 11.2 Å². The minimum atomic E-state index is -1.48. The Bertz CT molecular complexity index is 1120. The van der Waals surface area contributed by atoms with Crippen LogP contribution in [0.2, 0.25) is 0 Å². The average molecular weight is 469 g/mol. The van der Waals surface area contributed by atoms with Crippen molar-refractivity contribution in [2.24, 2.45) is 0 Å². The molecule has 2 rings (SSSR count). The Kier molecular flexibility index (Phi) is 7.87. The number of anilines is 1. The van der Waals surface area contributed by atoms with Gasteiger partial charge in [-0.15, -0.1) is 0 Å². The second-order valence-electron chi connectivity index (χ2n) is 9.51. The summed E-state index contributed by atoms with van der Waals surface area (Å²) in [6.07, 6.45) is 1.50. The highest BCUT2D eigenvalue weighted by Crippen LogP contribution is 2.28. The Balaban J connectivity index is 2.50. The SMILES string of the molecule is CCC(C)(C)NC(=O)c1cc(C(=O)Nc2ccc(C(C)(C)CC)cc2)c(C(=O)O)cc1C(=O)O. The van der Waals surface area contributed by atoms with Crippen molar-refractivity contribution in [3.63, 3.8) is 0 Å². The molecule has 0 aliphatic carbocycles. The highest BCUT2D eigenvalue weighted by molar-refractivity contribution is 6.14. The normalized spacial score (nSPS) is 11.6. The molecule has 0 aliphatic rings. The van der Waals surface area contributed by atoms with Crippen molar-refractivity contribution in [2.75, 3.05) is 5.32 Å². The lowest BCUT2D eigenvalue weighted by Crippen LogP contribution is -2.43. The number of carboxylic acids is 2. The predicted molar refractivity (Wildman–Crippen MR) is 130 cm³/mol. The first kappa shape index (κ1) is 26.6. The standard InChI is InChI=1S/C26H32N2O6/c1-7-25(3,4)15-9-11-16(12-10-15)27-21(29)17-13-18(22(30)28-26(5,6)8-2)20(24(33)34)14-19(17)23(31)32/h9-14H,7-8H2,1-6H3,(H,27,29)(H,28,30)(H,31,32)(H,33,34). The molecular formula is C26H32N2O6. The topological polar surface area (TPSA) is 133 Å². The Morgan fingerprint density at radius 3 is 1.65 bits per heavy atom. The van der Waals surface area contributed by atoms with E-state index < -0.39 is 40.4 Å². The first-order valence-corrected chi connectivity index (χ1v) is 11.1. The second kappa shape index (κ2) is 10.1. The molecule has 0 bridgehead atoms. The van der Waals surface area contributed by atoms with Gasteiger partial charge in [0.05, 0.1) is 22.3 Å². The second-order valence-corrected chi connectivity index (χ2v) is 9.51. The summed E-state index contributed by atoms with van der Waals surface area (Å²) in [4.78, 5) is 49.5. The van der Waals surface area contributed by atoms with E-state index >= 15 is 0 Å². The molecule has 0 spiro atoms. The van der Waals surface area contributed by atoms with Crippen molar-refractivity contribution in [1.82, 2.24) is 5.32 Å². The third-order valence-corrected chi connectivity index (χ3v) is 6.25. The summed E-state index contributed by atoms with van der Waals surface area (Å²) < 4.78 is 0. The van der Waals surface area contributed by atoms with Gasteiger partial charge in [-0.2, -0.15) is 0 Å². The van der Waals surface area contributed by atoms with Crippen LogP contribution in [0.1, 0.15) is 101 Å². The number of rotatable bonds is 9. The molecule has 2 aromatic carbocycles. The number of aromatic carboxylic acids is 2. The van der Waals surface area contributed by atoms with E-state index in [2.05, 4.69) is 31.4 Å². The lowest BCUT2D eigenvalue weighted by atomic mass is 9.82. The van der Waals surface area contributed by atoms with Gasteiger partial charge in [-0.3, -0.25) is 9.59 Å². The minimum absolute atomic E-state index is 0.0415. The number of hydrogen-bond acceptors (Lipinski definition) is 4. The molecular weight excluding hydrogens is 436 g/mol. The molecule has 0 saturated carbocycles. The summed E-state index contributed by atoms with van der Waals surface area (Å²) >= 11 is 0. The Labute approximate surface area is 199 Å². The zero-order valence-electron chi connectivity index (χ0n) is 20.4. The fourth-order valence-electron chi connectivity index (χ4n) is 3.20. The maximum atomic E-state index is 13.0. The number of hydrogen-bond donors (Lipinski definition) is 4. The van der Waals surface area contributed by atoms with Gasteiger partial charge in [-0.05, 0) is 61.9 Å². The van der Waals surface area contributed by atoms with Gasteiger partial charge in [-0.1, -0.05) is 39.8 Å². The molecule has 0 aromatic heterocycles. The van der Waals surface area contributed by atoms with E-state index in [-0.39, 0.29) is 16.5 Å². The molecule has 0 heterocycles. The van der Waals surface area contributed by atoms with Crippen LogP contribution in [0.4, 0.5) is 5.69 Å². The first-order chi connectivity index (χ1) is 15.7. The number of benzene rings is 2. The van der Waals surface area contributed by atoms with Crippen LogP contribution in [0, 0.1) is 0 Å². The molecule has 0 unspecified atom stereocenters. The molecule has 4 N–H and O–H groups in total. The lowest BCUT2D eigenvalue weighted by Gasteiger charge is -2.25. The Hall–Kier alpha value is -3.68. The number of nitrogens with one attached hydrogen (secondary N) is 2. The van der Waals surface area contributed by atoms with Crippen LogP contribution in [-0.2, 0) is 5.41 Å². The fourth-order valence-corrected chi connectivity index (χ4v) is 3.20. The van der Waals surface area contributed by atoms with Gasteiger partial charge >= 0.3 is 11.9 Å². The van der Waals surface area contributed by atoms with Crippen LogP contribution < -0.4 is 10.6 Å². The molecule has 0 saturated heterocycles. The quantitative estimate of drug-likeness (QED) is 0.412. The van der Waals surface area contributed by atoms with Crippen molar-refractivity contribution in [3.8, 4) is 0 Å². The van der Waals surface area contributed by atoms with Crippen LogP contribution in [0.25, 0.3) is 0 Å². The van der Waals surface area contributed by atoms with Crippen molar-refractivity contribution >= 4 is 29.4 Å². The zero-order chi connectivity index (χ0) is 25.8. The van der Waals surface area contributed by atoms with Gasteiger partial charge in [0.1, 0.15) is 0 Å². The summed E-state index contributed by atoms with van der Waals surface area (Å²) in [5.74, 6) is -4.42. The van der Waals surface area contributed by atoms with Crippen molar-refractivity contribution < 1.29 is 29.4 Å². The minimum Gasteiger partial charge on any atom is -0.478 e. The predicted octanol–water partition coefficient (Wildman–Crippen LogP) is 4.94. The summed E-state index contributed by atoms with van der Waals surface area (Å²) in [7, 11) is 0. The summed E-state index contributed by atoms with van der Waals surface area (Å²) in [6, 6.07) is 9.08. The van der Waals surface area contributed by atoms with Crippen LogP contribution in [-0.4, -0.2) is 39.5 Å². The Morgan fingerprint density at radius 1 is 0.735 bits per heavy atom. The van der Waals surface area contributed by atoms with Crippen molar-refractivity contribution in [2.45, 2.75) is 65.3 Å². The number of carboxylic acid groups (broad SMARTS) is 2. The van der Waals surface area contributed by atoms with Gasteiger partial charge in [0.25, 0.3) is 11.8 Å². The maximum absolute atomic E-state index is 13.0. The molecule has 34 heavy (non-hydrogen) atoms. The zero-order valence-corrected chi connectivity index (χ0v) is 20.4. The molecule has 8 heteroatoms. The summed E-state index contributed by atoms with van der Waals surface area (Å²) in [6.45, 7) is 11.7. The van der Waals surface area contributed by atoms with Crippen LogP contribution in [0.3, 0.4) is 0 Å². The fraction of sp³-hybridized carbons (Fsp3) is 0.385. The third kappa shape index (κ3) is 6.01. The largest absolute Gasteiger partial charge is 0.478 e. The number of carbonyl (C=O) groups excluding carboxylic acids is 2.